The first-order chi connectivity index (χ1) is 14.1. The van der Waals surface area contributed by atoms with E-state index in [0.29, 0.717) is 40.5 Å². The number of ether oxygens (including phenoxy) is 3. The number of methoxy groups -OCH3 is 2. The molecule has 0 aromatic heterocycles. The van der Waals surface area contributed by atoms with Crippen molar-refractivity contribution in [3.05, 3.63) is 48.5 Å². The molecule has 0 spiro atoms. The van der Waals surface area contributed by atoms with Crippen molar-refractivity contribution in [1.82, 2.24) is 5.01 Å². The molecule has 29 heavy (non-hydrogen) atoms. The van der Waals surface area contributed by atoms with E-state index in [1.54, 1.807) is 37.4 Å². The number of nitrogens with one attached hydrogen (secondary N) is 1. The van der Waals surface area contributed by atoms with Crippen LogP contribution in [-0.2, 0) is 4.79 Å². The molecule has 1 N–H and O–H groups in total. The molecule has 2 aromatic carbocycles. The molecule has 1 heterocycles. The molecule has 3 rings (SSSR count). The number of likely N-dealkylation sites (N-methyl/N-ethyl adjacent to an activating group) is 1. The number of amidine groups is 1. The summed E-state index contributed by atoms with van der Waals surface area (Å²) < 4.78 is 16.2. The summed E-state index contributed by atoms with van der Waals surface area (Å²) in [6.45, 7) is 0.455. The van der Waals surface area contributed by atoms with Gasteiger partial charge in [-0.15, -0.1) is 5.10 Å². The minimum absolute atomic E-state index is 0.156. The van der Waals surface area contributed by atoms with Gasteiger partial charge in [-0.25, -0.2) is 0 Å². The molecule has 0 unspecified atom stereocenters. The number of hydrogen-bond acceptors (Lipinski definition) is 8. The summed E-state index contributed by atoms with van der Waals surface area (Å²) in [6, 6.07) is 14.6. The Bertz CT molecular complexity index is 918. The van der Waals surface area contributed by atoms with Gasteiger partial charge < -0.3 is 19.5 Å². The molecule has 2 aromatic rings. The van der Waals surface area contributed by atoms with E-state index < -0.39 is 0 Å². The number of thioether (sulfide) groups is 1. The third-order valence-electron chi connectivity index (χ3n) is 3.82. The fourth-order valence-electron chi connectivity index (χ4n) is 2.52. The van der Waals surface area contributed by atoms with Gasteiger partial charge in [0.15, 0.2) is 11.5 Å². The maximum Gasteiger partial charge on any atom is 0.234 e. The van der Waals surface area contributed by atoms with Crippen molar-refractivity contribution in [1.29, 1.82) is 0 Å². The lowest BCUT2D eigenvalue weighted by molar-refractivity contribution is -0.113. The molecule has 1 aliphatic heterocycles. The molecule has 0 radical (unpaired) electrons. The molecule has 0 fully saturated rings. The van der Waals surface area contributed by atoms with E-state index >= 15 is 0 Å². The Hall–Kier alpha value is -3.20. The maximum absolute atomic E-state index is 12.3. The zero-order valence-electron chi connectivity index (χ0n) is 16.4. The van der Waals surface area contributed by atoms with E-state index in [0.717, 1.165) is 0 Å². The van der Waals surface area contributed by atoms with Crippen molar-refractivity contribution in [3.8, 4) is 17.2 Å². The summed E-state index contributed by atoms with van der Waals surface area (Å²) in [6.07, 6.45) is 0. The Morgan fingerprint density at radius 3 is 2.62 bits per heavy atom. The second-order valence-electron chi connectivity index (χ2n) is 6.03. The van der Waals surface area contributed by atoms with Crippen LogP contribution in [0, 0.1) is 0 Å². The zero-order valence-corrected chi connectivity index (χ0v) is 17.2. The van der Waals surface area contributed by atoms with Crippen LogP contribution in [0.25, 0.3) is 0 Å². The van der Waals surface area contributed by atoms with Crippen LogP contribution in [-0.4, -0.2) is 55.5 Å². The third kappa shape index (κ3) is 5.89. The van der Waals surface area contributed by atoms with Crippen molar-refractivity contribution in [2.75, 3.05) is 38.9 Å². The molecule has 1 aliphatic rings. The van der Waals surface area contributed by atoms with Gasteiger partial charge in [0.25, 0.3) is 0 Å². The Morgan fingerprint density at radius 1 is 1.14 bits per heavy atom. The number of benzene rings is 2. The van der Waals surface area contributed by atoms with Crippen LogP contribution in [0.1, 0.15) is 0 Å². The smallest absolute Gasteiger partial charge is 0.234 e. The summed E-state index contributed by atoms with van der Waals surface area (Å²) in [5, 5.41) is 9.35. The van der Waals surface area contributed by atoms with Crippen molar-refractivity contribution in [2.24, 2.45) is 10.1 Å². The molecule has 152 valence electrons. The first-order valence-corrected chi connectivity index (χ1v) is 9.81. The number of para-hydroxylation sites is 1. The molecule has 8 nitrogen and oxygen atoms in total. The largest absolute Gasteiger partial charge is 0.493 e. The molecule has 0 saturated carbocycles. The number of carbonyl (C=O) groups excluding carboxylic acids is 1. The van der Waals surface area contributed by atoms with E-state index in [-0.39, 0.29) is 11.7 Å². The van der Waals surface area contributed by atoms with Gasteiger partial charge in [0.1, 0.15) is 12.3 Å². The van der Waals surface area contributed by atoms with Gasteiger partial charge in [0.05, 0.1) is 20.0 Å². The maximum atomic E-state index is 12.3. The fraction of sp³-hybridized carbons (Fsp3) is 0.250. The van der Waals surface area contributed by atoms with Gasteiger partial charge in [-0.1, -0.05) is 30.0 Å². The molecule has 0 atom stereocenters. The van der Waals surface area contributed by atoms with E-state index in [4.69, 9.17) is 14.2 Å². The average Bonchev–Trinajstić information content (AvgIpc) is 2.72. The predicted molar refractivity (Wildman–Crippen MR) is 115 cm³/mol. The Morgan fingerprint density at radius 2 is 1.90 bits per heavy atom. The second kappa shape index (κ2) is 9.83. The number of anilines is 1. The van der Waals surface area contributed by atoms with E-state index in [1.165, 1.54) is 11.8 Å². The fourth-order valence-corrected chi connectivity index (χ4v) is 3.22. The van der Waals surface area contributed by atoms with Crippen molar-refractivity contribution in [2.45, 2.75) is 0 Å². The topological polar surface area (TPSA) is 84.8 Å². The number of aliphatic imine (C=N–C) groups is 1. The van der Waals surface area contributed by atoms with Crippen molar-refractivity contribution < 1.29 is 19.0 Å². The van der Waals surface area contributed by atoms with Crippen molar-refractivity contribution in [3.63, 3.8) is 0 Å². The first kappa shape index (κ1) is 20.5. The van der Waals surface area contributed by atoms with Crippen molar-refractivity contribution >= 4 is 34.4 Å². The van der Waals surface area contributed by atoms with Gasteiger partial charge >= 0.3 is 0 Å². The third-order valence-corrected chi connectivity index (χ3v) is 4.66. The summed E-state index contributed by atoms with van der Waals surface area (Å²) >= 11 is 1.23. The minimum atomic E-state index is -0.182. The first-order valence-electron chi connectivity index (χ1n) is 8.82. The van der Waals surface area contributed by atoms with Crippen LogP contribution >= 0.6 is 11.8 Å². The Balaban J connectivity index is 1.57. The lowest BCUT2D eigenvalue weighted by atomic mass is 10.2. The minimum Gasteiger partial charge on any atom is -0.493 e. The highest BCUT2D eigenvalue weighted by molar-refractivity contribution is 8.14. The average molecular weight is 414 g/mol. The standard InChI is InChI=1S/C20H22N4O4S/c1-24-12-19(28-15-7-5-4-6-8-15)22-20(23-24)29-13-18(25)21-14-9-10-16(26-2)17(11-14)27-3/h4-11H,12-13H2,1-3H3,(H,21,25). The van der Waals surface area contributed by atoms with Crippen LogP contribution in [0.15, 0.2) is 58.6 Å². The second-order valence-corrected chi connectivity index (χ2v) is 6.97. The highest BCUT2D eigenvalue weighted by atomic mass is 32.2. The van der Waals surface area contributed by atoms with E-state index in [2.05, 4.69) is 15.4 Å². The summed E-state index contributed by atoms with van der Waals surface area (Å²) in [5.74, 6) is 2.35. The SMILES string of the molecule is COc1ccc(NC(=O)CSC2=NN(C)CC(Oc3ccccc3)=N2)cc1OC. The van der Waals surface area contributed by atoms with Crippen LogP contribution in [0.3, 0.4) is 0 Å². The summed E-state index contributed by atoms with van der Waals surface area (Å²) in [7, 11) is 4.93. The molecular weight excluding hydrogens is 392 g/mol. The monoisotopic (exact) mass is 414 g/mol. The van der Waals surface area contributed by atoms with Gasteiger partial charge in [0.2, 0.25) is 17.0 Å². The summed E-state index contributed by atoms with van der Waals surface area (Å²) in [5.41, 5.74) is 0.618. The summed E-state index contributed by atoms with van der Waals surface area (Å²) in [4.78, 5) is 16.7. The Kier molecular flexibility index (Phi) is 6.96. The number of carbonyl (C=O) groups is 1. The molecule has 0 bridgehead atoms. The van der Waals surface area contributed by atoms with E-state index in [1.807, 2.05) is 37.4 Å². The van der Waals surface area contributed by atoms with Crippen LogP contribution in [0.5, 0.6) is 17.2 Å². The highest BCUT2D eigenvalue weighted by Gasteiger charge is 2.16. The van der Waals surface area contributed by atoms with Crippen LogP contribution in [0.4, 0.5) is 5.69 Å². The number of rotatable bonds is 6. The predicted octanol–water partition coefficient (Wildman–Crippen LogP) is 3.07. The number of nitrogens with zero attached hydrogens (tertiary/aromatic N) is 3. The molecule has 9 heteroatoms. The number of hydrogen-bond donors (Lipinski definition) is 1. The van der Waals surface area contributed by atoms with E-state index in [9.17, 15) is 4.79 Å². The molecular formula is C20H22N4O4S. The lowest BCUT2D eigenvalue weighted by Crippen LogP contribution is -2.31. The number of hydrazone groups is 1. The van der Waals surface area contributed by atoms with Crippen LogP contribution in [0.2, 0.25) is 0 Å². The highest BCUT2D eigenvalue weighted by Crippen LogP contribution is 2.29. The van der Waals surface area contributed by atoms with Gasteiger partial charge in [-0.05, 0) is 24.3 Å². The van der Waals surface area contributed by atoms with Gasteiger partial charge in [-0.3, -0.25) is 9.80 Å². The number of amides is 1. The Labute approximate surface area is 173 Å². The van der Waals surface area contributed by atoms with Crippen LogP contribution < -0.4 is 19.5 Å². The normalized spacial score (nSPS) is 13.3. The molecule has 1 amide bonds. The quantitative estimate of drug-likeness (QED) is 0.782. The molecule has 0 aliphatic carbocycles. The zero-order chi connectivity index (χ0) is 20.6. The molecule has 0 saturated heterocycles. The van der Waals surface area contributed by atoms with Gasteiger partial charge in [0, 0.05) is 18.8 Å². The van der Waals surface area contributed by atoms with Gasteiger partial charge in [-0.2, -0.15) is 4.99 Å². The lowest BCUT2D eigenvalue weighted by Gasteiger charge is -2.20.